The van der Waals surface area contributed by atoms with Crippen LogP contribution in [0.2, 0.25) is 0 Å². The number of hydrogen-bond acceptors (Lipinski definition) is 2. The molecular weight excluding hydrogens is 329 g/mol. The molecule has 1 aromatic carbocycles. The van der Waals surface area contributed by atoms with Gasteiger partial charge in [0, 0.05) is 25.7 Å². The number of halogens is 3. The number of nitrogens with zero attached hydrogens (tertiary/aromatic N) is 1. The Morgan fingerprint density at radius 3 is 2.32 bits per heavy atom. The third kappa shape index (κ3) is 8.20. The maximum Gasteiger partial charge on any atom is 0.416 e. The van der Waals surface area contributed by atoms with E-state index in [1.54, 1.807) is 11.0 Å². The van der Waals surface area contributed by atoms with Crippen molar-refractivity contribution in [1.29, 1.82) is 0 Å². The second kappa shape index (κ2) is 10.9. The van der Waals surface area contributed by atoms with Crippen molar-refractivity contribution in [3.05, 3.63) is 41.5 Å². The van der Waals surface area contributed by atoms with Crippen molar-refractivity contribution in [3.63, 3.8) is 0 Å². The fourth-order valence-corrected chi connectivity index (χ4v) is 2.30. The molecule has 1 amide bonds. The summed E-state index contributed by atoms with van der Waals surface area (Å²) < 4.78 is 37.6. The highest BCUT2D eigenvalue weighted by Gasteiger charge is 2.29. The number of carbonyl (C=O) groups is 1. The van der Waals surface area contributed by atoms with Crippen LogP contribution in [-0.4, -0.2) is 37.0 Å². The predicted octanol–water partition coefficient (Wildman–Crippen LogP) is 4.35. The molecule has 0 bridgehead atoms. The molecule has 0 saturated heterocycles. The largest absolute Gasteiger partial charge is 0.416 e. The van der Waals surface area contributed by atoms with Gasteiger partial charge in [-0.15, -0.1) is 0 Å². The Hall–Kier alpha value is -1.82. The van der Waals surface area contributed by atoms with Crippen LogP contribution in [0, 0.1) is 0 Å². The molecule has 140 valence electrons. The van der Waals surface area contributed by atoms with E-state index in [1.165, 1.54) is 18.2 Å². The van der Waals surface area contributed by atoms with Crippen molar-refractivity contribution >= 4 is 12.0 Å². The van der Waals surface area contributed by atoms with E-state index in [-0.39, 0.29) is 5.91 Å². The van der Waals surface area contributed by atoms with Crippen LogP contribution in [0.15, 0.2) is 30.3 Å². The standard InChI is InChI=1S/C19H27F3N2O/c1-3-5-12-23-13-15-24(14-4-2)18(25)11-8-16-6-9-17(10-7-16)19(20,21)22/h6-11,23H,3-5,12-15H2,1-2H3/b11-8+. The van der Waals surface area contributed by atoms with E-state index in [1.807, 2.05) is 6.92 Å². The molecule has 1 N–H and O–H groups in total. The van der Waals surface area contributed by atoms with Crippen LogP contribution in [0.5, 0.6) is 0 Å². The highest BCUT2D eigenvalue weighted by molar-refractivity contribution is 5.91. The summed E-state index contributed by atoms with van der Waals surface area (Å²) in [6.45, 7) is 7.08. The van der Waals surface area contributed by atoms with E-state index >= 15 is 0 Å². The quantitative estimate of drug-likeness (QED) is 0.499. The van der Waals surface area contributed by atoms with Gasteiger partial charge in [0.2, 0.25) is 5.91 Å². The van der Waals surface area contributed by atoms with Gasteiger partial charge in [-0.2, -0.15) is 13.2 Å². The molecule has 3 nitrogen and oxygen atoms in total. The second-order valence-electron chi connectivity index (χ2n) is 5.88. The van der Waals surface area contributed by atoms with Crippen LogP contribution in [-0.2, 0) is 11.0 Å². The molecular formula is C19H27F3N2O. The van der Waals surface area contributed by atoms with Crippen molar-refractivity contribution in [2.45, 2.75) is 39.3 Å². The Morgan fingerprint density at radius 2 is 1.76 bits per heavy atom. The second-order valence-corrected chi connectivity index (χ2v) is 5.88. The van der Waals surface area contributed by atoms with Crippen LogP contribution in [0.25, 0.3) is 6.08 Å². The average Bonchev–Trinajstić information content (AvgIpc) is 2.58. The van der Waals surface area contributed by atoms with E-state index in [0.717, 1.165) is 44.5 Å². The minimum atomic E-state index is -4.35. The number of nitrogens with one attached hydrogen (secondary N) is 1. The van der Waals surface area contributed by atoms with Gasteiger partial charge < -0.3 is 10.2 Å². The molecule has 0 aliphatic carbocycles. The average molecular weight is 356 g/mol. The highest BCUT2D eigenvalue weighted by Crippen LogP contribution is 2.29. The first kappa shape index (κ1) is 21.2. The van der Waals surface area contributed by atoms with Gasteiger partial charge in [-0.25, -0.2) is 0 Å². The molecule has 1 aromatic rings. The van der Waals surface area contributed by atoms with E-state index in [9.17, 15) is 18.0 Å². The lowest BCUT2D eigenvalue weighted by atomic mass is 10.1. The summed E-state index contributed by atoms with van der Waals surface area (Å²) in [4.78, 5) is 14.0. The number of hydrogen-bond donors (Lipinski definition) is 1. The molecule has 0 fully saturated rings. The number of amides is 1. The molecule has 0 heterocycles. The molecule has 25 heavy (non-hydrogen) atoms. The van der Waals surface area contributed by atoms with E-state index < -0.39 is 11.7 Å². The molecule has 1 rings (SSSR count). The van der Waals surface area contributed by atoms with E-state index in [2.05, 4.69) is 12.2 Å². The Labute approximate surface area is 147 Å². The molecule has 0 aliphatic rings. The third-order valence-electron chi connectivity index (χ3n) is 3.73. The lowest BCUT2D eigenvalue weighted by Crippen LogP contribution is -2.36. The summed E-state index contributed by atoms with van der Waals surface area (Å²) in [5.41, 5.74) is -0.124. The molecule has 0 aliphatic heterocycles. The maximum absolute atomic E-state index is 12.5. The van der Waals surface area contributed by atoms with Crippen molar-refractivity contribution in [2.75, 3.05) is 26.2 Å². The zero-order valence-corrected chi connectivity index (χ0v) is 14.9. The summed E-state index contributed by atoms with van der Waals surface area (Å²) in [7, 11) is 0. The molecule has 6 heteroatoms. The van der Waals surface area contributed by atoms with Crippen LogP contribution < -0.4 is 5.32 Å². The molecule has 0 unspecified atom stereocenters. The Bertz CT molecular complexity index is 539. The van der Waals surface area contributed by atoms with Crippen molar-refractivity contribution in [1.82, 2.24) is 10.2 Å². The van der Waals surface area contributed by atoms with Crippen LogP contribution in [0.4, 0.5) is 13.2 Å². The van der Waals surface area contributed by atoms with Crippen LogP contribution in [0.3, 0.4) is 0 Å². The molecule has 0 radical (unpaired) electrons. The Balaban J connectivity index is 2.58. The van der Waals surface area contributed by atoms with Gasteiger partial charge in [0.15, 0.2) is 0 Å². The van der Waals surface area contributed by atoms with Crippen LogP contribution in [0.1, 0.15) is 44.2 Å². The molecule has 0 aromatic heterocycles. The lowest BCUT2D eigenvalue weighted by molar-refractivity contribution is -0.137. The number of carbonyl (C=O) groups excluding carboxylic acids is 1. The topological polar surface area (TPSA) is 32.3 Å². The lowest BCUT2D eigenvalue weighted by Gasteiger charge is -2.20. The summed E-state index contributed by atoms with van der Waals surface area (Å²) in [5, 5.41) is 3.30. The van der Waals surface area contributed by atoms with Gasteiger partial charge in [0.1, 0.15) is 0 Å². The SMILES string of the molecule is CCCCNCCN(CCC)C(=O)/C=C/c1ccc(C(F)(F)F)cc1. The van der Waals surface area contributed by atoms with E-state index in [0.29, 0.717) is 18.7 Å². The van der Waals surface area contributed by atoms with Gasteiger partial charge in [0.25, 0.3) is 0 Å². The molecule has 0 saturated carbocycles. The van der Waals surface area contributed by atoms with Gasteiger partial charge >= 0.3 is 6.18 Å². The number of benzene rings is 1. The van der Waals surface area contributed by atoms with E-state index in [4.69, 9.17) is 0 Å². The fraction of sp³-hybridized carbons (Fsp3) is 0.526. The molecule has 0 spiro atoms. The summed E-state index contributed by atoms with van der Waals surface area (Å²) >= 11 is 0. The summed E-state index contributed by atoms with van der Waals surface area (Å²) in [6, 6.07) is 4.77. The number of unbranched alkanes of at least 4 members (excludes halogenated alkanes) is 1. The number of alkyl halides is 3. The van der Waals surface area contributed by atoms with Crippen molar-refractivity contribution < 1.29 is 18.0 Å². The first-order valence-corrected chi connectivity index (χ1v) is 8.73. The van der Waals surface area contributed by atoms with Gasteiger partial charge in [-0.05, 0) is 43.2 Å². The normalized spacial score (nSPS) is 11.9. The zero-order chi connectivity index (χ0) is 18.7. The fourth-order valence-electron chi connectivity index (χ4n) is 2.30. The zero-order valence-electron chi connectivity index (χ0n) is 14.9. The Kier molecular flexibility index (Phi) is 9.27. The van der Waals surface area contributed by atoms with Crippen molar-refractivity contribution in [2.24, 2.45) is 0 Å². The summed E-state index contributed by atoms with van der Waals surface area (Å²) in [6.07, 6.45) is 1.71. The maximum atomic E-state index is 12.5. The van der Waals surface area contributed by atoms with Crippen molar-refractivity contribution in [3.8, 4) is 0 Å². The van der Waals surface area contributed by atoms with Crippen LogP contribution >= 0.6 is 0 Å². The van der Waals surface area contributed by atoms with Gasteiger partial charge in [-0.1, -0.05) is 32.4 Å². The highest BCUT2D eigenvalue weighted by atomic mass is 19.4. The monoisotopic (exact) mass is 356 g/mol. The minimum absolute atomic E-state index is 0.126. The van der Waals surface area contributed by atoms with Gasteiger partial charge in [0.05, 0.1) is 5.56 Å². The predicted molar refractivity (Wildman–Crippen MR) is 95.1 cm³/mol. The van der Waals surface area contributed by atoms with Gasteiger partial charge in [-0.3, -0.25) is 4.79 Å². The first-order chi connectivity index (χ1) is 11.9. The Morgan fingerprint density at radius 1 is 1.08 bits per heavy atom. The first-order valence-electron chi connectivity index (χ1n) is 8.73. The third-order valence-corrected chi connectivity index (χ3v) is 3.73. The minimum Gasteiger partial charge on any atom is -0.338 e. The number of rotatable bonds is 10. The smallest absolute Gasteiger partial charge is 0.338 e. The molecule has 0 atom stereocenters. The summed E-state index contributed by atoms with van der Waals surface area (Å²) in [5.74, 6) is -0.126.